The van der Waals surface area contributed by atoms with Crippen LogP contribution in [0.25, 0.3) is 0 Å². The molecule has 2 saturated heterocycles. The van der Waals surface area contributed by atoms with Gasteiger partial charge in [-0.05, 0) is 37.9 Å². The maximum Gasteiger partial charge on any atom is 0.239 e. The molecule has 1 aromatic rings. The van der Waals surface area contributed by atoms with E-state index in [2.05, 4.69) is 26.7 Å². The van der Waals surface area contributed by atoms with Gasteiger partial charge in [-0.3, -0.25) is 9.69 Å². The maximum atomic E-state index is 12.8. The summed E-state index contributed by atoms with van der Waals surface area (Å²) in [4.78, 5) is 27.8. The molecule has 0 aromatic carbocycles. The van der Waals surface area contributed by atoms with Crippen molar-refractivity contribution in [2.75, 3.05) is 50.7 Å². The number of aromatic nitrogens is 2. The second-order valence-corrected chi connectivity index (χ2v) is 7.27. The molecule has 0 spiro atoms. The maximum absolute atomic E-state index is 12.8. The Morgan fingerprint density at radius 3 is 2.35 bits per heavy atom. The molecule has 2 aliphatic heterocycles. The fourth-order valence-electron chi connectivity index (χ4n) is 3.56. The lowest BCUT2D eigenvalue weighted by Gasteiger charge is -2.37. The average molecular weight is 405 g/mol. The highest BCUT2D eigenvalue weighted by atomic mass is 35.5. The van der Waals surface area contributed by atoms with Gasteiger partial charge in [0.15, 0.2) is 0 Å². The summed E-state index contributed by atoms with van der Waals surface area (Å²) in [5.74, 6) is 0.973. The SMILES string of the molecule is CC(C(=O)N1CCN(c2ncccn2)CC1)N1CCC(C)(CN)C1.Cl.Cl. The first-order valence-electron chi connectivity index (χ1n) is 8.77. The predicted molar refractivity (Wildman–Crippen MR) is 108 cm³/mol. The highest BCUT2D eigenvalue weighted by molar-refractivity contribution is 5.85. The van der Waals surface area contributed by atoms with Crippen LogP contribution in [0.4, 0.5) is 5.95 Å². The van der Waals surface area contributed by atoms with Gasteiger partial charge in [-0.15, -0.1) is 24.8 Å². The van der Waals surface area contributed by atoms with Gasteiger partial charge in [0.1, 0.15) is 0 Å². The van der Waals surface area contributed by atoms with Crippen LogP contribution in [0.15, 0.2) is 18.5 Å². The average Bonchev–Trinajstić information content (AvgIpc) is 3.04. The normalized spacial score (nSPS) is 24.6. The minimum absolute atomic E-state index is 0. The molecule has 1 aromatic heterocycles. The first-order chi connectivity index (χ1) is 11.5. The number of nitrogens with zero attached hydrogens (tertiary/aromatic N) is 5. The number of halogens is 2. The molecule has 2 aliphatic rings. The number of carbonyl (C=O) groups is 1. The van der Waals surface area contributed by atoms with Crippen molar-refractivity contribution in [2.45, 2.75) is 26.3 Å². The zero-order chi connectivity index (χ0) is 17.2. The molecular formula is C17H30Cl2N6O. The molecule has 2 atom stereocenters. The van der Waals surface area contributed by atoms with Crippen LogP contribution in [0.3, 0.4) is 0 Å². The lowest BCUT2D eigenvalue weighted by molar-refractivity contribution is -0.136. The van der Waals surface area contributed by atoms with E-state index >= 15 is 0 Å². The molecule has 0 aliphatic carbocycles. The largest absolute Gasteiger partial charge is 0.338 e. The van der Waals surface area contributed by atoms with Gasteiger partial charge < -0.3 is 15.5 Å². The Kier molecular flexibility index (Phi) is 8.53. The van der Waals surface area contributed by atoms with Gasteiger partial charge in [0.25, 0.3) is 0 Å². The Morgan fingerprint density at radius 2 is 1.81 bits per heavy atom. The summed E-state index contributed by atoms with van der Waals surface area (Å²) in [5.41, 5.74) is 6.03. The molecule has 2 unspecified atom stereocenters. The van der Waals surface area contributed by atoms with E-state index < -0.39 is 0 Å². The standard InChI is InChI=1S/C17H28N6O.2ClH/c1-14(23-7-4-17(2,12-18)13-23)15(24)21-8-10-22(11-9-21)16-19-5-3-6-20-16;;/h3,5-6,14H,4,7-13,18H2,1-2H3;2*1H. The lowest BCUT2D eigenvalue weighted by atomic mass is 9.90. The van der Waals surface area contributed by atoms with Gasteiger partial charge in [0.2, 0.25) is 11.9 Å². The Labute approximate surface area is 168 Å². The number of likely N-dealkylation sites (tertiary alicyclic amines) is 1. The van der Waals surface area contributed by atoms with Gasteiger partial charge in [-0.25, -0.2) is 9.97 Å². The molecule has 2 fully saturated rings. The van der Waals surface area contributed by atoms with E-state index in [0.29, 0.717) is 6.54 Å². The van der Waals surface area contributed by atoms with Crippen molar-refractivity contribution in [3.8, 4) is 0 Å². The highest BCUT2D eigenvalue weighted by Gasteiger charge is 2.38. The van der Waals surface area contributed by atoms with Crippen molar-refractivity contribution in [3.63, 3.8) is 0 Å². The van der Waals surface area contributed by atoms with Crippen molar-refractivity contribution < 1.29 is 4.79 Å². The summed E-state index contributed by atoms with van der Waals surface area (Å²) in [7, 11) is 0. The van der Waals surface area contributed by atoms with Crippen LogP contribution >= 0.6 is 24.8 Å². The van der Waals surface area contributed by atoms with E-state index in [0.717, 1.165) is 51.6 Å². The molecule has 3 rings (SSSR count). The van der Waals surface area contributed by atoms with Gasteiger partial charge in [-0.2, -0.15) is 0 Å². The number of nitrogens with two attached hydrogens (primary N) is 1. The first kappa shape index (κ1) is 22.9. The molecule has 0 saturated carbocycles. The van der Waals surface area contributed by atoms with Crippen molar-refractivity contribution in [1.29, 1.82) is 0 Å². The topological polar surface area (TPSA) is 78.6 Å². The monoisotopic (exact) mass is 404 g/mol. The van der Waals surface area contributed by atoms with Gasteiger partial charge >= 0.3 is 0 Å². The molecule has 7 nitrogen and oxygen atoms in total. The molecular weight excluding hydrogens is 375 g/mol. The van der Waals surface area contributed by atoms with Crippen LogP contribution in [0, 0.1) is 5.41 Å². The summed E-state index contributed by atoms with van der Waals surface area (Å²) in [5, 5.41) is 0. The van der Waals surface area contributed by atoms with Gasteiger partial charge in [0.05, 0.1) is 6.04 Å². The molecule has 0 radical (unpaired) electrons. The second-order valence-electron chi connectivity index (χ2n) is 7.27. The Hall–Kier alpha value is -1.15. The highest BCUT2D eigenvalue weighted by Crippen LogP contribution is 2.30. The van der Waals surface area contributed by atoms with E-state index in [9.17, 15) is 4.79 Å². The third-order valence-corrected chi connectivity index (χ3v) is 5.41. The van der Waals surface area contributed by atoms with Crippen LogP contribution in [-0.2, 0) is 4.79 Å². The minimum Gasteiger partial charge on any atom is -0.338 e. The molecule has 0 bridgehead atoms. The third-order valence-electron chi connectivity index (χ3n) is 5.41. The van der Waals surface area contributed by atoms with Crippen molar-refractivity contribution in [1.82, 2.24) is 19.8 Å². The van der Waals surface area contributed by atoms with Crippen LogP contribution < -0.4 is 10.6 Å². The number of carbonyl (C=O) groups excluding carboxylic acids is 1. The Morgan fingerprint density at radius 1 is 1.19 bits per heavy atom. The summed E-state index contributed by atoms with van der Waals surface area (Å²) < 4.78 is 0. The van der Waals surface area contributed by atoms with Gasteiger partial charge in [-0.1, -0.05) is 6.92 Å². The summed E-state index contributed by atoms with van der Waals surface area (Å²) in [6, 6.07) is 1.74. The zero-order valence-corrected chi connectivity index (χ0v) is 17.1. The molecule has 3 heterocycles. The van der Waals surface area contributed by atoms with Crippen molar-refractivity contribution in [3.05, 3.63) is 18.5 Å². The van der Waals surface area contributed by atoms with E-state index in [1.54, 1.807) is 12.4 Å². The number of anilines is 1. The molecule has 148 valence electrons. The fraction of sp³-hybridized carbons (Fsp3) is 0.706. The van der Waals surface area contributed by atoms with E-state index in [1.165, 1.54) is 0 Å². The van der Waals surface area contributed by atoms with E-state index in [1.807, 2.05) is 17.9 Å². The van der Waals surface area contributed by atoms with Crippen LogP contribution in [0.1, 0.15) is 20.3 Å². The number of hydrogen-bond acceptors (Lipinski definition) is 6. The summed E-state index contributed by atoms with van der Waals surface area (Å²) in [6.07, 6.45) is 4.58. The molecule has 9 heteroatoms. The number of piperazine rings is 1. The second kappa shape index (κ2) is 9.69. The van der Waals surface area contributed by atoms with E-state index in [-0.39, 0.29) is 42.2 Å². The van der Waals surface area contributed by atoms with Crippen LogP contribution in [0.5, 0.6) is 0 Å². The molecule has 2 N–H and O–H groups in total. The smallest absolute Gasteiger partial charge is 0.239 e. The summed E-state index contributed by atoms with van der Waals surface area (Å²) in [6.45, 7) is 9.80. The van der Waals surface area contributed by atoms with Crippen molar-refractivity contribution >= 4 is 36.7 Å². The number of amides is 1. The molecule has 1 amide bonds. The van der Waals surface area contributed by atoms with Gasteiger partial charge in [0, 0.05) is 45.1 Å². The number of hydrogen-bond donors (Lipinski definition) is 1. The molecule has 26 heavy (non-hydrogen) atoms. The Bertz CT molecular complexity index is 570. The number of rotatable bonds is 4. The third kappa shape index (κ3) is 4.97. The Balaban J connectivity index is 0.00000169. The fourth-order valence-corrected chi connectivity index (χ4v) is 3.56. The lowest BCUT2D eigenvalue weighted by Crippen LogP contribution is -2.54. The van der Waals surface area contributed by atoms with Crippen LogP contribution in [-0.4, -0.2) is 77.5 Å². The summed E-state index contributed by atoms with van der Waals surface area (Å²) >= 11 is 0. The quantitative estimate of drug-likeness (QED) is 0.806. The van der Waals surface area contributed by atoms with E-state index in [4.69, 9.17) is 5.73 Å². The zero-order valence-electron chi connectivity index (χ0n) is 15.5. The first-order valence-corrected chi connectivity index (χ1v) is 8.77. The van der Waals surface area contributed by atoms with Crippen LogP contribution in [0.2, 0.25) is 0 Å². The predicted octanol–water partition coefficient (Wildman–Crippen LogP) is 1.03. The van der Waals surface area contributed by atoms with Crippen molar-refractivity contribution in [2.24, 2.45) is 11.1 Å². The minimum atomic E-state index is -0.0714.